The Labute approximate surface area is 196 Å². The van der Waals surface area contributed by atoms with Crippen molar-refractivity contribution in [2.45, 2.75) is 103 Å². The quantitative estimate of drug-likeness (QED) is 0.177. The third-order valence-electron chi connectivity index (χ3n) is 5.70. The lowest BCUT2D eigenvalue weighted by molar-refractivity contribution is -0.209. The van der Waals surface area contributed by atoms with Crippen molar-refractivity contribution in [3.05, 3.63) is 30.3 Å². The molecule has 1 N–H and O–H groups in total. The van der Waals surface area contributed by atoms with Gasteiger partial charge in [-0.05, 0) is 32.4 Å². The highest BCUT2D eigenvalue weighted by Crippen LogP contribution is 2.38. The van der Waals surface area contributed by atoms with Crippen molar-refractivity contribution in [2.75, 3.05) is 11.9 Å². The Morgan fingerprint density at radius 3 is 2.48 bits per heavy atom. The van der Waals surface area contributed by atoms with Gasteiger partial charge in [0.15, 0.2) is 12.1 Å². The van der Waals surface area contributed by atoms with Crippen LogP contribution in [0.2, 0.25) is 0 Å². The van der Waals surface area contributed by atoms with Gasteiger partial charge in [-0.3, -0.25) is 10.2 Å². The molecule has 0 aliphatic carbocycles. The highest BCUT2D eigenvalue weighted by molar-refractivity contribution is 5.84. The van der Waals surface area contributed by atoms with E-state index < -0.39 is 24.3 Å². The van der Waals surface area contributed by atoms with Gasteiger partial charge in [-0.15, -0.1) is 0 Å². The zero-order valence-corrected chi connectivity index (χ0v) is 20.0. The molecule has 0 radical (unpaired) electrons. The predicted octanol–water partition coefficient (Wildman–Crippen LogP) is 5.62. The van der Waals surface area contributed by atoms with Gasteiger partial charge >= 0.3 is 6.09 Å². The maximum atomic E-state index is 11.9. The molecule has 8 heteroatoms. The molecule has 33 heavy (non-hydrogen) atoms. The molecule has 1 aromatic rings. The standard InChI is InChI=1S/C25H38N2O6/c1-4-5-6-7-8-9-10-14-17-29-21-20(30-23-22(21)31-25(2,3)32-23)18-26-33-24(28)27-19-15-12-11-13-16-19/h11-13,15-16,18,20-23H,4-10,14,17H2,1-3H3,(H,27,28)/b26-18+/t20-,21+,22-,23-/m1/s1. The number of hydrogen-bond acceptors (Lipinski definition) is 7. The summed E-state index contributed by atoms with van der Waals surface area (Å²) in [5.74, 6) is -0.733. The summed E-state index contributed by atoms with van der Waals surface area (Å²) in [6.45, 7) is 6.54. The number of carbonyl (C=O) groups excluding carboxylic acids is 1. The molecule has 0 unspecified atom stereocenters. The van der Waals surface area contributed by atoms with E-state index in [2.05, 4.69) is 17.4 Å². The average Bonchev–Trinajstić information content (AvgIpc) is 3.24. The van der Waals surface area contributed by atoms with E-state index in [0.717, 1.165) is 12.8 Å². The molecule has 0 aromatic heterocycles. The smallest absolute Gasteiger partial charge is 0.372 e. The first-order chi connectivity index (χ1) is 16.0. The van der Waals surface area contributed by atoms with Gasteiger partial charge in [0, 0.05) is 12.3 Å². The number of para-hydroxylation sites is 1. The van der Waals surface area contributed by atoms with E-state index in [1.807, 2.05) is 32.0 Å². The Bertz CT molecular complexity index is 742. The van der Waals surface area contributed by atoms with Crippen LogP contribution in [0.25, 0.3) is 0 Å². The van der Waals surface area contributed by atoms with Crippen LogP contribution < -0.4 is 5.32 Å². The normalized spacial score (nSPS) is 25.9. The number of nitrogens with one attached hydrogen (secondary N) is 1. The number of carbonyl (C=O) groups is 1. The van der Waals surface area contributed by atoms with Crippen molar-refractivity contribution >= 4 is 18.0 Å². The second-order valence-electron chi connectivity index (χ2n) is 9.00. The highest BCUT2D eigenvalue weighted by atomic mass is 16.8. The summed E-state index contributed by atoms with van der Waals surface area (Å²) < 4.78 is 23.9. The number of anilines is 1. The predicted molar refractivity (Wildman–Crippen MR) is 126 cm³/mol. The van der Waals surface area contributed by atoms with Crippen LogP contribution in [-0.4, -0.2) is 49.3 Å². The lowest BCUT2D eigenvalue weighted by Crippen LogP contribution is -2.38. The molecule has 1 aromatic carbocycles. The molecular formula is C25H38N2O6. The molecule has 3 rings (SSSR count). The van der Waals surface area contributed by atoms with Crippen LogP contribution in [0.3, 0.4) is 0 Å². The topological polar surface area (TPSA) is 87.6 Å². The fourth-order valence-electron chi connectivity index (χ4n) is 4.07. The molecule has 2 fully saturated rings. The molecular weight excluding hydrogens is 424 g/mol. The van der Waals surface area contributed by atoms with Gasteiger partial charge < -0.3 is 18.9 Å². The molecule has 0 spiro atoms. The third-order valence-corrected chi connectivity index (χ3v) is 5.70. The minimum atomic E-state index is -0.733. The number of unbranched alkanes of at least 4 members (excludes halogenated alkanes) is 7. The lowest BCUT2D eigenvalue weighted by atomic mass is 10.1. The van der Waals surface area contributed by atoms with Gasteiger partial charge in [0.25, 0.3) is 0 Å². The highest BCUT2D eigenvalue weighted by Gasteiger charge is 2.55. The van der Waals surface area contributed by atoms with Gasteiger partial charge in [0.1, 0.15) is 18.3 Å². The summed E-state index contributed by atoms with van der Waals surface area (Å²) in [5.41, 5.74) is 0.625. The van der Waals surface area contributed by atoms with E-state index in [4.69, 9.17) is 23.8 Å². The zero-order chi connectivity index (χ0) is 23.5. The lowest BCUT2D eigenvalue weighted by Gasteiger charge is -2.24. The summed E-state index contributed by atoms with van der Waals surface area (Å²) >= 11 is 0. The Balaban J connectivity index is 1.43. The van der Waals surface area contributed by atoms with Crippen LogP contribution in [0.5, 0.6) is 0 Å². The minimum absolute atomic E-state index is 0.358. The maximum absolute atomic E-state index is 11.9. The van der Waals surface area contributed by atoms with Gasteiger partial charge in [-0.1, -0.05) is 75.2 Å². The Morgan fingerprint density at radius 2 is 1.76 bits per heavy atom. The summed E-state index contributed by atoms with van der Waals surface area (Å²) in [4.78, 5) is 16.9. The minimum Gasteiger partial charge on any atom is -0.372 e. The Kier molecular flexibility index (Phi) is 10.1. The fourth-order valence-corrected chi connectivity index (χ4v) is 4.07. The van der Waals surface area contributed by atoms with Crippen molar-refractivity contribution in [2.24, 2.45) is 5.16 Å². The van der Waals surface area contributed by atoms with Crippen molar-refractivity contribution in [1.82, 2.24) is 0 Å². The summed E-state index contributed by atoms with van der Waals surface area (Å²) in [6, 6.07) is 9.03. The van der Waals surface area contributed by atoms with Crippen LogP contribution in [0.15, 0.2) is 35.5 Å². The molecule has 8 nitrogen and oxygen atoms in total. The number of oxime groups is 1. The number of rotatable bonds is 13. The first-order valence-electron chi connectivity index (χ1n) is 12.2. The van der Waals surface area contributed by atoms with Crippen LogP contribution in [0.1, 0.15) is 72.1 Å². The van der Waals surface area contributed by atoms with Crippen LogP contribution >= 0.6 is 0 Å². The van der Waals surface area contributed by atoms with Gasteiger partial charge in [-0.2, -0.15) is 0 Å². The summed E-state index contributed by atoms with van der Waals surface area (Å²) in [6.07, 6.45) is 8.79. The Hall–Kier alpha value is -2.00. The SMILES string of the molecule is CCCCCCCCCCO[C@@H]1[C@H]2OC(C)(C)O[C@H]2O[C@@H]1/C=N/OC(=O)Nc1ccccc1. The number of nitrogens with zero attached hydrogens (tertiary/aromatic N) is 1. The molecule has 184 valence electrons. The monoisotopic (exact) mass is 462 g/mol. The first-order valence-corrected chi connectivity index (χ1v) is 12.2. The van der Waals surface area contributed by atoms with Crippen molar-refractivity contribution in [3.8, 4) is 0 Å². The van der Waals surface area contributed by atoms with E-state index >= 15 is 0 Å². The number of hydrogen-bond donors (Lipinski definition) is 1. The molecule has 2 saturated heterocycles. The fraction of sp³-hybridized carbons (Fsp3) is 0.680. The molecule has 0 bridgehead atoms. The zero-order valence-electron chi connectivity index (χ0n) is 20.0. The van der Waals surface area contributed by atoms with E-state index in [9.17, 15) is 4.79 Å². The molecule has 2 aliphatic rings. The van der Waals surface area contributed by atoms with Gasteiger partial charge in [-0.25, -0.2) is 4.79 Å². The van der Waals surface area contributed by atoms with E-state index in [0.29, 0.717) is 12.3 Å². The second-order valence-corrected chi connectivity index (χ2v) is 9.00. The summed E-state index contributed by atoms with van der Waals surface area (Å²) in [7, 11) is 0. The first kappa shape index (κ1) is 25.6. The molecule has 0 saturated carbocycles. The van der Waals surface area contributed by atoms with Gasteiger partial charge in [0.2, 0.25) is 0 Å². The van der Waals surface area contributed by atoms with Gasteiger partial charge in [0.05, 0.1) is 6.21 Å². The third kappa shape index (κ3) is 8.37. The largest absolute Gasteiger partial charge is 0.437 e. The number of amides is 1. The number of ether oxygens (including phenoxy) is 4. The van der Waals surface area contributed by atoms with E-state index in [-0.39, 0.29) is 12.2 Å². The van der Waals surface area contributed by atoms with E-state index in [1.54, 1.807) is 12.1 Å². The maximum Gasteiger partial charge on any atom is 0.437 e. The van der Waals surface area contributed by atoms with E-state index in [1.165, 1.54) is 44.7 Å². The van der Waals surface area contributed by atoms with Crippen LogP contribution in [-0.2, 0) is 23.8 Å². The molecule has 2 heterocycles. The van der Waals surface area contributed by atoms with Crippen molar-refractivity contribution in [3.63, 3.8) is 0 Å². The van der Waals surface area contributed by atoms with Crippen LogP contribution in [0, 0.1) is 0 Å². The average molecular weight is 463 g/mol. The summed E-state index contributed by atoms with van der Waals surface area (Å²) in [5, 5.41) is 6.41. The van der Waals surface area contributed by atoms with Crippen molar-refractivity contribution in [1.29, 1.82) is 0 Å². The van der Waals surface area contributed by atoms with Crippen LogP contribution in [0.4, 0.5) is 10.5 Å². The van der Waals surface area contributed by atoms with Crippen molar-refractivity contribution < 1.29 is 28.6 Å². The number of benzene rings is 1. The molecule has 2 aliphatic heterocycles. The Morgan fingerprint density at radius 1 is 1.06 bits per heavy atom. The molecule has 4 atom stereocenters. The second kappa shape index (κ2) is 13.0. The molecule has 1 amide bonds. The number of fused-ring (bicyclic) bond motifs is 1.